The largest absolute Gasteiger partial charge is 0.479 e. The molecular weight excluding hydrogens is 218 g/mol. The van der Waals surface area contributed by atoms with E-state index in [0.717, 1.165) is 25.7 Å². The van der Waals surface area contributed by atoms with Crippen LogP contribution in [0.15, 0.2) is 0 Å². The number of carbonyl (C=O) groups is 2. The second-order valence-electron chi connectivity index (χ2n) is 4.99. The summed E-state index contributed by atoms with van der Waals surface area (Å²) in [6, 6.07) is 0. The second-order valence-corrected chi connectivity index (χ2v) is 4.99. The molecule has 1 aliphatic carbocycles. The maximum Gasteiger partial charge on any atom is 0.329 e. The third-order valence-electron chi connectivity index (χ3n) is 4.05. The highest BCUT2D eigenvalue weighted by molar-refractivity contribution is 5.81. The minimum Gasteiger partial charge on any atom is -0.479 e. The Labute approximate surface area is 103 Å². The van der Waals surface area contributed by atoms with Gasteiger partial charge in [-0.1, -0.05) is 20.3 Å². The van der Waals surface area contributed by atoms with Crippen molar-refractivity contribution in [2.75, 3.05) is 6.54 Å². The van der Waals surface area contributed by atoms with Crippen LogP contribution in [0.3, 0.4) is 0 Å². The molecule has 0 spiro atoms. The first-order chi connectivity index (χ1) is 8.10. The zero-order chi connectivity index (χ0) is 12.9. The van der Waals surface area contributed by atoms with Gasteiger partial charge in [0.05, 0.1) is 0 Å². The Morgan fingerprint density at radius 1 is 1.41 bits per heavy atom. The first-order valence-corrected chi connectivity index (χ1v) is 6.56. The van der Waals surface area contributed by atoms with Crippen LogP contribution in [0.25, 0.3) is 0 Å². The van der Waals surface area contributed by atoms with Gasteiger partial charge in [-0.25, -0.2) is 4.79 Å². The Morgan fingerprint density at radius 2 is 2.00 bits per heavy atom. The Balaban J connectivity index is 2.83. The molecule has 0 aliphatic heterocycles. The van der Waals surface area contributed by atoms with Crippen molar-refractivity contribution >= 4 is 12.4 Å². The van der Waals surface area contributed by atoms with Gasteiger partial charge in [-0.2, -0.15) is 0 Å². The minimum absolute atomic E-state index is 0.534. The van der Waals surface area contributed by atoms with Gasteiger partial charge in [0.1, 0.15) is 5.54 Å². The van der Waals surface area contributed by atoms with Gasteiger partial charge in [0.15, 0.2) is 0 Å². The average Bonchev–Trinajstić information content (AvgIpc) is 2.35. The van der Waals surface area contributed by atoms with Crippen molar-refractivity contribution in [3.63, 3.8) is 0 Å². The van der Waals surface area contributed by atoms with E-state index in [4.69, 9.17) is 0 Å². The molecule has 0 bridgehead atoms. The van der Waals surface area contributed by atoms with Gasteiger partial charge >= 0.3 is 5.97 Å². The quantitative estimate of drug-likeness (QED) is 0.726. The molecule has 0 aromatic carbocycles. The molecule has 0 aromatic rings. The monoisotopic (exact) mass is 241 g/mol. The highest BCUT2D eigenvalue weighted by Crippen LogP contribution is 2.37. The third kappa shape index (κ3) is 2.79. The van der Waals surface area contributed by atoms with E-state index >= 15 is 0 Å². The fourth-order valence-corrected chi connectivity index (χ4v) is 2.80. The number of carbonyl (C=O) groups excluding carboxylic acids is 1. The Kier molecular flexibility index (Phi) is 4.97. The third-order valence-corrected chi connectivity index (χ3v) is 4.05. The summed E-state index contributed by atoms with van der Waals surface area (Å²) in [7, 11) is 0. The summed E-state index contributed by atoms with van der Waals surface area (Å²) in [5, 5.41) is 9.48. The highest BCUT2D eigenvalue weighted by Gasteiger charge is 2.45. The molecule has 1 rings (SSSR count). The van der Waals surface area contributed by atoms with Gasteiger partial charge in [0.2, 0.25) is 6.41 Å². The maximum absolute atomic E-state index is 11.5. The van der Waals surface area contributed by atoms with Crippen molar-refractivity contribution in [3.05, 3.63) is 0 Å². The molecule has 0 atom stereocenters. The summed E-state index contributed by atoms with van der Waals surface area (Å²) in [4.78, 5) is 24.2. The van der Waals surface area contributed by atoms with Crippen molar-refractivity contribution in [3.8, 4) is 0 Å². The molecule has 0 radical (unpaired) electrons. The highest BCUT2D eigenvalue weighted by atomic mass is 16.4. The van der Waals surface area contributed by atoms with Crippen molar-refractivity contribution in [2.24, 2.45) is 5.92 Å². The molecule has 1 saturated carbocycles. The van der Waals surface area contributed by atoms with Crippen molar-refractivity contribution in [1.29, 1.82) is 0 Å². The molecule has 4 nitrogen and oxygen atoms in total. The van der Waals surface area contributed by atoms with Crippen LogP contribution in [-0.2, 0) is 9.59 Å². The van der Waals surface area contributed by atoms with Crippen LogP contribution >= 0.6 is 0 Å². The van der Waals surface area contributed by atoms with E-state index in [-0.39, 0.29) is 0 Å². The molecule has 0 unspecified atom stereocenters. The summed E-state index contributed by atoms with van der Waals surface area (Å²) >= 11 is 0. The molecule has 4 heteroatoms. The van der Waals surface area contributed by atoms with Crippen LogP contribution in [-0.4, -0.2) is 34.5 Å². The topological polar surface area (TPSA) is 57.6 Å². The van der Waals surface area contributed by atoms with Gasteiger partial charge < -0.3 is 10.0 Å². The summed E-state index contributed by atoms with van der Waals surface area (Å²) in [6.07, 6.45) is 5.63. The first-order valence-electron chi connectivity index (χ1n) is 6.56. The zero-order valence-electron chi connectivity index (χ0n) is 10.8. The Morgan fingerprint density at radius 3 is 2.35 bits per heavy atom. The first kappa shape index (κ1) is 14.0. The number of hydrogen-bond acceptors (Lipinski definition) is 2. The van der Waals surface area contributed by atoms with E-state index < -0.39 is 11.5 Å². The lowest BCUT2D eigenvalue weighted by atomic mass is 9.74. The van der Waals surface area contributed by atoms with Gasteiger partial charge in [0.25, 0.3) is 0 Å². The van der Waals surface area contributed by atoms with E-state index in [1.165, 1.54) is 4.90 Å². The molecule has 17 heavy (non-hydrogen) atoms. The number of hydrogen-bond donors (Lipinski definition) is 1. The van der Waals surface area contributed by atoms with Crippen LogP contribution in [0.4, 0.5) is 0 Å². The van der Waals surface area contributed by atoms with Crippen LogP contribution in [0.5, 0.6) is 0 Å². The van der Waals surface area contributed by atoms with Crippen molar-refractivity contribution in [2.45, 2.75) is 57.9 Å². The predicted molar refractivity (Wildman–Crippen MR) is 65.7 cm³/mol. The standard InChI is InChI=1S/C13H23NO3/c1-3-9-14(10-15)13(12(16)17)7-5-11(4-2)6-8-13/h10-11H,3-9H2,1-2H3,(H,16,17). The van der Waals surface area contributed by atoms with Crippen LogP contribution < -0.4 is 0 Å². The summed E-state index contributed by atoms with van der Waals surface area (Å²) in [5.41, 5.74) is -0.941. The lowest BCUT2D eigenvalue weighted by Gasteiger charge is -2.43. The number of amides is 1. The number of rotatable bonds is 6. The van der Waals surface area contributed by atoms with E-state index in [0.29, 0.717) is 31.7 Å². The Bertz CT molecular complexity index is 270. The van der Waals surface area contributed by atoms with Crippen molar-refractivity contribution < 1.29 is 14.7 Å². The van der Waals surface area contributed by atoms with Gasteiger partial charge in [-0.15, -0.1) is 0 Å². The smallest absolute Gasteiger partial charge is 0.329 e. The molecule has 1 aliphatic rings. The zero-order valence-corrected chi connectivity index (χ0v) is 10.8. The van der Waals surface area contributed by atoms with E-state index in [1.807, 2.05) is 6.92 Å². The maximum atomic E-state index is 11.5. The molecular formula is C13H23NO3. The Hall–Kier alpha value is -1.06. The van der Waals surface area contributed by atoms with E-state index in [2.05, 4.69) is 6.92 Å². The second kappa shape index (κ2) is 6.03. The molecule has 1 fully saturated rings. The average molecular weight is 241 g/mol. The minimum atomic E-state index is -0.941. The van der Waals surface area contributed by atoms with Crippen LogP contribution in [0.1, 0.15) is 52.4 Å². The molecule has 0 saturated heterocycles. The summed E-state index contributed by atoms with van der Waals surface area (Å²) in [5.74, 6) is -0.217. The fraction of sp³-hybridized carbons (Fsp3) is 0.846. The molecule has 1 amide bonds. The van der Waals surface area contributed by atoms with Gasteiger partial charge in [0, 0.05) is 6.54 Å². The van der Waals surface area contributed by atoms with E-state index in [9.17, 15) is 14.7 Å². The molecule has 1 N–H and O–H groups in total. The number of carboxylic acid groups (broad SMARTS) is 1. The molecule has 0 aromatic heterocycles. The lowest BCUT2D eigenvalue weighted by molar-refractivity contribution is -0.158. The van der Waals surface area contributed by atoms with Gasteiger partial charge in [-0.05, 0) is 38.0 Å². The predicted octanol–water partition coefficient (Wildman–Crippen LogP) is 2.28. The normalized spacial score (nSPS) is 28.7. The van der Waals surface area contributed by atoms with E-state index in [1.54, 1.807) is 0 Å². The SMILES string of the molecule is CCCN(C=O)C1(C(=O)O)CCC(CC)CC1. The van der Waals surface area contributed by atoms with Crippen LogP contribution in [0.2, 0.25) is 0 Å². The summed E-state index contributed by atoms with van der Waals surface area (Å²) in [6.45, 7) is 4.64. The van der Waals surface area contributed by atoms with Crippen molar-refractivity contribution in [1.82, 2.24) is 4.90 Å². The number of nitrogens with zero attached hydrogens (tertiary/aromatic N) is 1. The molecule has 98 valence electrons. The number of carboxylic acids is 1. The number of aliphatic carboxylic acids is 1. The molecule has 0 heterocycles. The fourth-order valence-electron chi connectivity index (χ4n) is 2.80. The van der Waals surface area contributed by atoms with Crippen LogP contribution in [0, 0.1) is 5.92 Å². The van der Waals surface area contributed by atoms with Gasteiger partial charge in [-0.3, -0.25) is 4.79 Å². The summed E-state index contributed by atoms with van der Waals surface area (Å²) < 4.78 is 0. The lowest BCUT2D eigenvalue weighted by Crippen LogP contribution is -2.56.